The molecule has 4 heterocycles. The zero-order valence-corrected chi connectivity index (χ0v) is 21.1. The van der Waals surface area contributed by atoms with Gasteiger partial charge in [0.15, 0.2) is 0 Å². The number of nitriles is 1. The van der Waals surface area contributed by atoms with Gasteiger partial charge in [-0.15, -0.1) is 0 Å². The highest BCUT2D eigenvalue weighted by atomic mass is 19.1. The van der Waals surface area contributed by atoms with E-state index >= 15 is 0 Å². The molecule has 4 aromatic heterocycles. The Balaban J connectivity index is 1.49. The third-order valence-electron chi connectivity index (χ3n) is 6.09. The number of carbonyl (C=O) groups excluding carboxylic acids is 1. The molecule has 5 rings (SSSR count). The van der Waals surface area contributed by atoms with Gasteiger partial charge in [-0.05, 0) is 62.4 Å². The number of nitrogens with one attached hydrogen (secondary N) is 2. The van der Waals surface area contributed by atoms with Gasteiger partial charge in [-0.2, -0.15) is 10.4 Å². The van der Waals surface area contributed by atoms with Gasteiger partial charge in [0.2, 0.25) is 5.89 Å². The monoisotopic (exact) mass is 525 g/mol. The maximum atomic E-state index is 14.3. The van der Waals surface area contributed by atoms with Crippen molar-refractivity contribution in [3.63, 3.8) is 0 Å². The Morgan fingerprint density at radius 2 is 1.97 bits per heavy atom. The Bertz CT molecular complexity index is 1670. The summed E-state index contributed by atoms with van der Waals surface area (Å²) in [4.78, 5) is 21.7. The fourth-order valence-electron chi connectivity index (χ4n) is 3.88. The van der Waals surface area contributed by atoms with E-state index in [2.05, 4.69) is 31.8 Å². The third kappa shape index (κ3) is 5.46. The smallest absolute Gasteiger partial charge is 0.255 e. The van der Waals surface area contributed by atoms with E-state index in [1.54, 1.807) is 22.8 Å². The van der Waals surface area contributed by atoms with Gasteiger partial charge in [0, 0.05) is 17.4 Å². The quantitative estimate of drug-likeness (QED) is 0.269. The Morgan fingerprint density at radius 1 is 1.18 bits per heavy atom. The first-order valence-corrected chi connectivity index (χ1v) is 12.0. The lowest BCUT2D eigenvalue weighted by Gasteiger charge is -2.22. The van der Waals surface area contributed by atoms with Crippen LogP contribution in [0.5, 0.6) is 0 Å². The maximum absolute atomic E-state index is 14.3. The van der Waals surface area contributed by atoms with Gasteiger partial charge in [0.25, 0.3) is 5.91 Å². The fraction of sp³-hybridized carbons (Fsp3) is 0.179. The van der Waals surface area contributed by atoms with E-state index in [4.69, 9.17) is 9.68 Å². The molecular weight excluding hydrogens is 501 g/mol. The van der Waals surface area contributed by atoms with Crippen LogP contribution in [0.3, 0.4) is 0 Å². The molecule has 1 aromatic carbocycles. The average molecular weight is 526 g/mol. The van der Waals surface area contributed by atoms with Crippen LogP contribution in [-0.4, -0.2) is 48.9 Å². The van der Waals surface area contributed by atoms with Crippen molar-refractivity contribution in [1.29, 1.82) is 5.26 Å². The molecule has 0 spiro atoms. The van der Waals surface area contributed by atoms with Gasteiger partial charge in [0.05, 0.1) is 58.3 Å². The zero-order chi connectivity index (χ0) is 27.6. The SMILES string of the molecule is CC(C)(O)[C@H](F)CNC(=O)c1cnc(-c2ccc3cc(C#N)cnn23)cc1Nc1ccc(-c2ncco2)cc1. The maximum Gasteiger partial charge on any atom is 0.255 e. The summed E-state index contributed by atoms with van der Waals surface area (Å²) in [5.74, 6) is -0.0794. The Labute approximate surface area is 222 Å². The minimum atomic E-state index is -1.66. The number of benzene rings is 1. The molecule has 0 radical (unpaired) electrons. The second-order valence-corrected chi connectivity index (χ2v) is 9.40. The van der Waals surface area contributed by atoms with Crippen LogP contribution in [0.15, 0.2) is 77.8 Å². The largest absolute Gasteiger partial charge is 0.445 e. The summed E-state index contributed by atoms with van der Waals surface area (Å²) in [5.41, 5.74) is 2.76. The Kier molecular flexibility index (Phi) is 6.79. The second kappa shape index (κ2) is 10.4. The van der Waals surface area contributed by atoms with Crippen molar-refractivity contribution in [2.75, 3.05) is 11.9 Å². The summed E-state index contributed by atoms with van der Waals surface area (Å²) in [6.45, 7) is 2.30. The summed E-state index contributed by atoms with van der Waals surface area (Å²) < 4.78 is 21.3. The van der Waals surface area contributed by atoms with Crippen molar-refractivity contribution in [1.82, 2.24) is 24.9 Å². The van der Waals surface area contributed by atoms with Crippen LogP contribution in [-0.2, 0) is 0 Å². The van der Waals surface area contributed by atoms with Crippen LogP contribution in [0, 0.1) is 11.3 Å². The summed E-state index contributed by atoms with van der Waals surface area (Å²) in [6, 6.07) is 16.4. The highest BCUT2D eigenvalue weighted by Gasteiger charge is 2.27. The van der Waals surface area contributed by atoms with Crippen molar-refractivity contribution in [3.05, 3.63) is 84.5 Å². The molecule has 0 fully saturated rings. The molecule has 5 aromatic rings. The number of fused-ring (bicyclic) bond motifs is 1. The molecule has 196 valence electrons. The molecule has 0 saturated heterocycles. The fourth-order valence-corrected chi connectivity index (χ4v) is 3.88. The van der Waals surface area contributed by atoms with Crippen molar-refractivity contribution >= 4 is 22.8 Å². The minimum absolute atomic E-state index is 0.180. The molecular formula is C28H24FN7O3. The molecule has 0 saturated carbocycles. The number of oxazole rings is 1. The highest BCUT2D eigenvalue weighted by molar-refractivity contribution is 6.00. The lowest BCUT2D eigenvalue weighted by molar-refractivity contribution is -0.00177. The van der Waals surface area contributed by atoms with Gasteiger partial charge >= 0.3 is 0 Å². The standard InChI is InChI=1S/C28H24FN7O3/c1-28(2,38)25(29)16-33-26(37)21-15-32-23(24-8-7-20-11-17(13-30)14-34-36(20)24)12-22(21)35-19-5-3-18(4-6-19)27-31-9-10-39-27/h3-12,14-15,25,38H,16H2,1-2H3,(H,32,35)(H,33,37)/t25-/m1/s1. The van der Waals surface area contributed by atoms with E-state index in [-0.39, 0.29) is 12.1 Å². The molecule has 3 N–H and O–H groups in total. The lowest BCUT2D eigenvalue weighted by Crippen LogP contribution is -2.42. The van der Waals surface area contributed by atoms with E-state index in [0.29, 0.717) is 39.7 Å². The molecule has 39 heavy (non-hydrogen) atoms. The van der Waals surface area contributed by atoms with E-state index in [0.717, 1.165) is 5.56 Å². The van der Waals surface area contributed by atoms with Crippen molar-refractivity contribution < 1.29 is 18.7 Å². The van der Waals surface area contributed by atoms with E-state index in [1.165, 1.54) is 32.5 Å². The van der Waals surface area contributed by atoms with E-state index < -0.39 is 17.7 Å². The summed E-state index contributed by atoms with van der Waals surface area (Å²) in [7, 11) is 0. The number of aromatic nitrogens is 4. The van der Waals surface area contributed by atoms with Crippen LogP contribution in [0.1, 0.15) is 29.8 Å². The first kappa shape index (κ1) is 25.6. The summed E-state index contributed by atoms with van der Waals surface area (Å²) >= 11 is 0. The van der Waals surface area contributed by atoms with Crippen LogP contribution in [0.4, 0.5) is 15.8 Å². The van der Waals surface area contributed by atoms with Gasteiger partial charge < -0.3 is 20.2 Å². The number of aliphatic hydroxyl groups is 1. The Hall–Kier alpha value is -5.08. The number of hydrogen-bond acceptors (Lipinski definition) is 8. The van der Waals surface area contributed by atoms with Crippen molar-refractivity contribution in [2.45, 2.75) is 25.6 Å². The predicted molar refractivity (Wildman–Crippen MR) is 142 cm³/mol. The molecule has 0 bridgehead atoms. The number of hydrogen-bond donors (Lipinski definition) is 3. The minimum Gasteiger partial charge on any atom is -0.445 e. The molecule has 0 aliphatic carbocycles. The number of alkyl halides is 1. The summed E-state index contributed by atoms with van der Waals surface area (Å²) in [6.07, 6.45) is 4.25. The molecule has 0 aliphatic rings. The highest BCUT2D eigenvalue weighted by Crippen LogP contribution is 2.29. The number of carbonyl (C=O) groups is 1. The van der Waals surface area contributed by atoms with Crippen LogP contribution in [0.2, 0.25) is 0 Å². The third-order valence-corrected chi connectivity index (χ3v) is 6.09. The molecule has 1 amide bonds. The van der Waals surface area contributed by atoms with Crippen molar-refractivity contribution in [2.24, 2.45) is 0 Å². The van der Waals surface area contributed by atoms with E-state index in [1.807, 2.05) is 36.4 Å². The average Bonchev–Trinajstić information content (AvgIpc) is 3.61. The van der Waals surface area contributed by atoms with Crippen LogP contribution in [0.25, 0.3) is 28.4 Å². The van der Waals surface area contributed by atoms with E-state index in [9.17, 15) is 14.3 Å². The van der Waals surface area contributed by atoms with Gasteiger partial charge in [-0.25, -0.2) is 13.9 Å². The number of amides is 1. The molecule has 0 aliphatic heterocycles. The number of anilines is 2. The first-order valence-electron chi connectivity index (χ1n) is 12.0. The molecule has 11 heteroatoms. The predicted octanol–water partition coefficient (Wildman–Crippen LogP) is 4.51. The number of rotatable bonds is 8. The molecule has 10 nitrogen and oxygen atoms in total. The van der Waals surface area contributed by atoms with Crippen LogP contribution >= 0.6 is 0 Å². The molecule has 1 atom stereocenters. The normalized spacial score (nSPS) is 12.2. The Morgan fingerprint density at radius 3 is 2.67 bits per heavy atom. The summed E-state index contributed by atoms with van der Waals surface area (Å²) in [5, 5.41) is 29.2. The lowest BCUT2D eigenvalue weighted by atomic mass is 10.0. The number of pyridine rings is 1. The molecule has 0 unspecified atom stereocenters. The van der Waals surface area contributed by atoms with Gasteiger partial charge in [-0.1, -0.05) is 0 Å². The van der Waals surface area contributed by atoms with Gasteiger partial charge in [-0.3, -0.25) is 9.78 Å². The second-order valence-electron chi connectivity index (χ2n) is 9.40. The number of halogens is 1. The first-order chi connectivity index (χ1) is 18.7. The number of nitrogens with zero attached hydrogens (tertiary/aromatic N) is 5. The zero-order valence-electron chi connectivity index (χ0n) is 21.1. The topological polar surface area (TPSA) is 141 Å². The van der Waals surface area contributed by atoms with Gasteiger partial charge in [0.1, 0.15) is 18.5 Å². The van der Waals surface area contributed by atoms with Crippen LogP contribution < -0.4 is 10.6 Å². The van der Waals surface area contributed by atoms with Crippen molar-refractivity contribution in [3.8, 4) is 28.9 Å².